The zero-order valence-electron chi connectivity index (χ0n) is 16.2. The molecule has 0 bridgehead atoms. The Morgan fingerprint density at radius 1 is 1.10 bits per heavy atom. The van der Waals surface area contributed by atoms with Gasteiger partial charge in [-0.2, -0.15) is 0 Å². The van der Waals surface area contributed by atoms with Gasteiger partial charge in [0.1, 0.15) is 0 Å². The maximum atomic E-state index is 13.8. The Kier molecular flexibility index (Phi) is 4.45. The summed E-state index contributed by atoms with van der Waals surface area (Å²) in [6.45, 7) is 1.77. The highest BCUT2D eigenvalue weighted by molar-refractivity contribution is 5.98. The Hall–Kier alpha value is -3.48. The normalized spacial score (nSPS) is 12.4. The number of aryl methyl sites for hydroxylation is 1. The Morgan fingerprint density at radius 3 is 2.52 bits per heavy atom. The van der Waals surface area contributed by atoms with Gasteiger partial charge in [0, 0.05) is 43.0 Å². The topological polar surface area (TPSA) is 58.1 Å². The Morgan fingerprint density at radius 2 is 1.79 bits per heavy atom. The van der Waals surface area contributed by atoms with Crippen LogP contribution >= 0.6 is 0 Å². The molecule has 1 amide bonds. The number of fused-ring (bicyclic) bond motifs is 2. The monoisotopic (exact) mass is 395 g/mol. The van der Waals surface area contributed by atoms with Crippen LogP contribution in [0.1, 0.15) is 28.9 Å². The van der Waals surface area contributed by atoms with Crippen molar-refractivity contribution in [3.05, 3.63) is 81.9 Å². The standard InChI is InChI=1S/C22H19F2N3O2/c1-12(17-11-25-21(28)16-10-19(24)18(23)9-15(16)17)27(3)22(29)14-4-5-20-13(8-14)6-7-26(20)2/h4-12H,1-3H3,(H,25,28)/t12-/m0/s1. The number of H-pyrrole nitrogens is 1. The lowest BCUT2D eigenvalue weighted by Gasteiger charge is -2.26. The molecule has 148 valence electrons. The zero-order chi connectivity index (χ0) is 20.9. The molecule has 4 aromatic rings. The van der Waals surface area contributed by atoms with Gasteiger partial charge in [-0.05, 0) is 54.3 Å². The third-order valence-corrected chi connectivity index (χ3v) is 5.46. The smallest absolute Gasteiger partial charge is 0.255 e. The second kappa shape index (κ2) is 6.84. The van der Waals surface area contributed by atoms with Gasteiger partial charge in [0.2, 0.25) is 0 Å². The maximum Gasteiger partial charge on any atom is 0.255 e. The van der Waals surface area contributed by atoms with E-state index in [0.29, 0.717) is 11.1 Å². The van der Waals surface area contributed by atoms with Gasteiger partial charge in [-0.1, -0.05) is 0 Å². The number of benzene rings is 2. The molecule has 2 aromatic heterocycles. The zero-order valence-corrected chi connectivity index (χ0v) is 16.2. The van der Waals surface area contributed by atoms with Crippen LogP contribution in [-0.4, -0.2) is 27.4 Å². The number of carbonyl (C=O) groups excluding carboxylic acids is 1. The van der Waals surface area contributed by atoms with Gasteiger partial charge in [0.25, 0.3) is 11.5 Å². The summed E-state index contributed by atoms with van der Waals surface area (Å²) in [5.41, 5.74) is 1.54. The SMILES string of the molecule is C[C@@H](c1c[nH]c(=O)c2cc(F)c(F)cc12)N(C)C(=O)c1ccc2c(ccn2C)c1. The number of aromatic nitrogens is 2. The fraction of sp³-hybridized carbons (Fsp3) is 0.182. The lowest BCUT2D eigenvalue weighted by Crippen LogP contribution is -2.30. The third kappa shape index (κ3) is 3.08. The second-order valence-electron chi connectivity index (χ2n) is 7.18. The molecule has 0 aliphatic heterocycles. The molecule has 2 aromatic carbocycles. The fourth-order valence-electron chi connectivity index (χ4n) is 3.62. The lowest BCUT2D eigenvalue weighted by molar-refractivity contribution is 0.0743. The van der Waals surface area contributed by atoms with E-state index in [2.05, 4.69) is 4.98 Å². The minimum absolute atomic E-state index is 0.0415. The number of carbonyl (C=O) groups is 1. The average molecular weight is 395 g/mol. The Bertz CT molecular complexity index is 1320. The number of pyridine rings is 1. The number of nitrogens with one attached hydrogen (secondary N) is 1. The number of hydrogen-bond acceptors (Lipinski definition) is 2. The van der Waals surface area contributed by atoms with Gasteiger partial charge < -0.3 is 14.5 Å². The predicted molar refractivity (Wildman–Crippen MR) is 108 cm³/mol. The second-order valence-corrected chi connectivity index (χ2v) is 7.18. The number of aromatic amines is 1. The molecule has 7 heteroatoms. The van der Waals surface area contributed by atoms with Crippen molar-refractivity contribution in [1.82, 2.24) is 14.5 Å². The van der Waals surface area contributed by atoms with E-state index in [1.54, 1.807) is 20.0 Å². The van der Waals surface area contributed by atoms with Gasteiger partial charge >= 0.3 is 0 Å². The summed E-state index contributed by atoms with van der Waals surface area (Å²) in [6.07, 6.45) is 3.36. The summed E-state index contributed by atoms with van der Waals surface area (Å²) < 4.78 is 29.4. The van der Waals surface area contributed by atoms with Crippen LogP contribution in [0.25, 0.3) is 21.7 Å². The van der Waals surface area contributed by atoms with Crippen molar-refractivity contribution in [1.29, 1.82) is 0 Å². The van der Waals surface area contributed by atoms with Crippen molar-refractivity contribution in [3.63, 3.8) is 0 Å². The van der Waals surface area contributed by atoms with E-state index in [1.165, 1.54) is 11.1 Å². The van der Waals surface area contributed by atoms with Crippen LogP contribution in [0, 0.1) is 11.6 Å². The number of rotatable bonds is 3. The molecule has 4 rings (SSSR count). The van der Waals surface area contributed by atoms with Crippen molar-refractivity contribution in [3.8, 4) is 0 Å². The van der Waals surface area contributed by atoms with E-state index in [1.807, 2.05) is 36.0 Å². The Balaban J connectivity index is 1.74. The maximum absolute atomic E-state index is 13.8. The molecule has 29 heavy (non-hydrogen) atoms. The number of halogens is 2. The fourth-order valence-corrected chi connectivity index (χ4v) is 3.62. The molecule has 0 unspecified atom stereocenters. The van der Waals surface area contributed by atoms with Crippen LogP contribution in [0.5, 0.6) is 0 Å². The summed E-state index contributed by atoms with van der Waals surface area (Å²) in [7, 11) is 3.57. The number of nitrogens with zero attached hydrogens (tertiary/aromatic N) is 2. The first kappa shape index (κ1) is 18.9. The van der Waals surface area contributed by atoms with E-state index < -0.39 is 23.2 Å². The van der Waals surface area contributed by atoms with Crippen LogP contribution in [0.2, 0.25) is 0 Å². The first-order valence-corrected chi connectivity index (χ1v) is 9.10. The van der Waals surface area contributed by atoms with Crippen molar-refractivity contribution in [2.45, 2.75) is 13.0 Å². The Labute approximate surface area is 165 Å². The quantitative estimate of drug-likeness (QED) is 0.567. The molecule has 0 radical (unpaired) electrons. The molecule has 0 spiro atoms. The van der Waals surface area contributed by atoms with Crippen molar-refractivity contribution in [2.24, 2.45) is 7.05 Å². The van der Waals surface area contributed by atoms with Crippen molar-refractivity contribution in [2.75, 3.05) is 7.05 Å². The molecule has 0 fully saturated rings. The minimum Gasteiger partial charge on any atom is -0.351 e. The summed E-state index contributed by atoms with van der Waals surface area (Å²) in [5, 5.41) is 1.27. The van der Waals surface area contributed by atoms with E-state index in [-0.39, 0.29) is 16.7 Å². The van der Waals surface area contributed by atoms with Gasteiger partial charge in [0.05, 0.1) is 11.4 Å². The number of amides is 1. The van der Waals surface area contributed by atoms with Gasteiger partial charge in [0.15, 0.2) is 11.6 Å². The summed E-state index contributed by atoms with van der Waals surface area (Å²) >= 11 is 0. The highest BCUT2D eigenvalue weighted by Gasteiger charge is 2.22. The minimum atomic E-state index is -1.09. The first-order valence-electron chi connectivity index (χ1n) is 9.10. The van der Waals surface area contributed by atoms with Crippen LogP contribution in [0.15, 0.2) is 53.6 Å². The highest BCUT2D eigenvalue weighted by Crippen LogP contribution is 2.28. The van der Waals surface area contributed by atoms with E-state index in [4.69, 9.17) is 0 Å². The van der Waals surface area contributed by atoms with Crippen molar-refractivity contribution >= 4 is 27.6 Å². The van der Waals surface area contributed by atoms with E-state index in [9.17, 15) is 18.4 Å². The van der Waals surface area contributed by atoms with Crippen LogP contribution in [-0.2, 0) is 7.05 Å². The van der Waals surface area contributed by atoms with Gasteiger partial charge in [-0.3, -0.25) is 9.59 Å². The van der Waals surface area contributed by atoms with Crippen molar-refractivity contribution < 1.29 is 13.6 Å². The average Bonchev–Trinajstić information content (AvgIpc) is 3.08. The molecule has 1 N–H and O–H groups in total. The molecule has 0 saturated carbocycles. The molecule has 1 atom stereocenters. The summed E-state index contributed by atoms with van der Waals surface area (Å²) in [4.78, 5) is 29.1. The summed E-state index contributed by atoms with van der Waals surface area (Å²) in [5.74, 6) is -2.35. The molecular formula is C22H19F2N3O2. The van der Waals surface area contributed by atoms with Crippen LogP contribution in [0.3, 0.4) is 0 Å². The predicted octanol–water partition coefficient (Wildman–Crippen LogP) is 4.13. The summed E-state index contributed by atoms with van der Waals surface area (Å²) in [6, 6.07) is 8.79. The van der Waals surface area contributed by atoms with E-state index >= 15 is 0 Å². The number of hydrogen-bond donors (Lipinski definition) is 1. The van der Waals surface area contributed by atoms with Crippen LogP contribution in [0.4, 0.5) is 8.78 Å². The highest BCUT2D eigenvalue weighted by atomic mass is 19.2. The molecule has 0 saturated heterocycles. The van der Waals surface area contributed by atoms with Gasteiger partial charge in [-0.25, -0.2) is 8.78 Å². The van der Waals surface area contributed by atoms with Crippen LogP contribution < -0.4 is 5.56 Å². The van der Waals surface area contributed by atoms with E-state index in [0.717, 1.165) is 23.0 Å². The molecule has 5 nitrogen and oxygen atoms in total. The molecular weight excluding hydrogens is 376 g/mol. The lowest BCUT2D eigenvalue weighted by atomic mass is 10.0. The molecule has 2 heterocycles. The third-order valence-electron chi connectivity index (χ3n) is 5.46. The molecule has 0 aliphatic rings. The molecule has 0 aliphatic carbocycles. The van der Waals surface area contributed by atoms with Gasteiger partial charge in [-0.15, -0.1) is 0 Å². The largest absolute Gasteiger partial charge is 0.351 e. The first-order chi connectivity index (χ1) is 13.8.